The normalized spacial score (nSPS) is 21.6. The molecule has 0 radical (unpaired) electrons. The van der Waals surface area contributed by atoms with Gasteiger partial charge in [-0.15, -0.1) is 0 Å². The first-order chi connectivity index (χ1) is 19.8. The first-order valence-corrected chi connectivity index (χ1v) is 15.6. The van der Waals surface area contributed by atoms with E-state index in [2.05, 4.69) is 23.8 Å². The van der Waals surface area contributed by atoms with Crippen molar-refractivity contribution in [1.29, 1.82) is 0 Å². The van der Waals surface area contributed by atoms with E-state index >= 15 is 0 Å². The molecule has 1 saturated carbocycles. The van der Waals surface area contributed by atoms with E-state index in [-0.39, 0.29) is 30.3 Å². The minimum Gasteiger partial charge on any atom is -0.446 e. The van der Waals surface area contributed by atoms with Gasteiger partial charge in [-0.05, 0) is 75.1 Å². The zero-order valence-electron chi connectivity index (χ0n) is 24.2. The number of nitrogens with zero attached hydrogens (tertiary/aromatic N) is 6. The summed E-state index contributed by atoms with van der Waals surface area (Å²) >= 11 is 12.8. The van der Waals surface area contributed by atoms with Crippen LogP contribution in [0.15, 0.2) is 43.0 Å². The quantitative estimate of drug-likeness (QED) is 0.264. The second-order valence-corrected chi connectivity index (χ2v) is 12.3. The topological polar surface area (TPSA) is 76.4 Å². The highest BCUT2D eigenvalue weighted by Crippen LogP contribution is 2.35. The maximum atomic E-state index is 13.5. The predicted octanol–water partition coefficient (Wildman–Crippen LogP) is 7.68. The summed E-state index contributed by atoms with van der Waals surface area (Å²) in [6, 6.07) is 5.87. The molecule has 5 rings (SSSR count). The molecule has 0 unspecified atom stereocenters. The van der Waals surface area contributed by atoms with Gasteiger partial charge in [-0.25, -0.2) is 14.8 Å². The first-order valence-electron chi connectivity index (χ1n) is 14.9. The molecule has 3 aromatic rings. The summed E-state index contributed by atoms with van der Waals surface area (Å²) in [6.45, 7) is 4.86. The predicted molar refractivity (Wildman–Crippen MR) is 163 cm³/mol. The Morgan fingerprint density at radius 3 is 2.15 bits per heavy atom. The van der Waals surface area contributed by atoms with Crippen LogP contribution in [-0.2, 0) is 18.3 Å². The molecule has 3 atom stereocenters. The van der Waals surface area contributed by atoms with Gasteiger partial charge in [0.1, 0.15) is 6.10 Å². The van der Waals surface area contributed by atoms with Crippen molar-refractivity contribution >= 4 is 35.2 Å². The van der Waals surface area contributed by atoms with Crippen LogP contribution in [-0.4, -0.2) is 55.0 Å². The zero-order chi connectivity index (χ0) is 28.9. The van der Waals surface area contributed by atoms with E-state index in [1.165, 1.54) is 6.42 Å². The summed E-state index contributed by atoms with van der Waals surface area (Å²) < 4.78 is 7.83. The van der Waals surface area contributed by atoms with E-state index < -0.39 is 0 Å². The second-order valence-electron chi connectivity index (χ2n) is 11.4. The lowest BCUT2D eigenvalue weighted by Gasteiger charge is -2.47. The lowest BCUT2D eigenvalue weighted by molar-refractivity contribution is 0.00545. The molecule has 0 N–H and O–H groups in total. The lowest BCUT2D eigenvalue weighted by Crippen LogP contribution is -2.57. The summed E-state index contributed by atoms with van der Waals surface area (Å²) in [4.78, 5) is 27.4. The first kappa shape index (κ1) is 29.6. The molecule has 1 amide bonds. The fraction of sp³-hybridized carbons (Fsp3) is 0.548. The number of hydrogen-bond donors (Lipinski definition) is 0. The maximum absolute atomic E-state index is 13.5. The Labute approximate surface area is 253 Å². The molecule has 2 aromatic heterocycles. The summed E-state index contributed by atoms with van der Waals surface area (Å²) in [6.07, 6.45) is 16.1. The number of aromatic nitrogens is 4. The molecule has 8 nitrogen and oxygen atoms in total. The van der Waals surface area contributed by atoms with Crippen molar-refractivity contribution in [2.45, 2.75) is 102 Å². The summed E-state index contributed by atoms with van der Waals surface area (Å²) in [5, 5.41) is 5.46. The number of rotatable bonds is 8. The van der Waals surface area contributed by atoms with Gasteiger partial charge in [0.2, 0.25) is 5.95 Å². The van der Waals surface area contributed by atoms with E-state index in [0.29, 0.717) is 22.5 Å². The number of halogens is 2. The number of likely N-dealkylation sites (tertiary alicyclic amines) is 1. The Kier molecular flexibility index (Phi) is 9.71. The molecule has 1 aliphatic carbocycles. The molecular formula is C31H40Cl2N6O2. The Balaban J connectivity index is 1.42. The van der Waals surface area contributed by atoms with Gasteiger partial charge >= 0.3 is 6.09 Å². The minimum atomic E-state index is -0.153. The number of carbonyl (C=O) groups excluding carboxylic acids is 1. The summed E-state index contributed by atoms with van der Waals surface area (Å²) in [5.74, 6) is 0.640. The molecule has 10 heteroatoms. The fourth-order valence-electron chi connectivity index (χ4n) is 6.37. The number of anilines is 1. The minimum absolute atomic E-state index is 0.0415. The largest absolute Gasteiger partial charge is 0.446 e. The van der Waals surface area contributed by atoms with Gasteiger partial charge in [0, 0.05) is 71.5 Å². The number of piperidine rings is 1. The number of aryl methyl sites for hydroxylation is 1. The Bertz CT molecular complexity index is 1280. The van der Waals surface area contributed by atoms with Gasteiger partial charge in [-0.2, -0.15) is 5.10 Å². The van der Waals surface area contributed by atoms with Crippen LogP contribution in [0, 0.1) is 0 Å². The molecule has 41 heavy (non-hydrogen) atoms. The molecule has 2 fully saturated rings. The van der Waals surface area contributed by atoms with Gasteiger partial charge in [0.05, 0.1) is 6.20 Å². The zero-order valence-corrected chi connectivity index (χ0v) is 25.7. The number of amides is 1. The van der Waals surface area contributed by atoms with Crippen molar-refractivity contribution in [2.24, 2.45) is 7.05 Å². The standard InChI is InChI=1S/C31H40Cl2N6O2/c1-4-26-14-28(15-27(5-2)39(26)31(40)41-29-9-7-6-8-10-29)38(19-21-11-24(32)13-25(33)12-21)30-34-16-22(17-35-30)23-18-36-37(3)20-23/h11-13,16-18,20,26-29H,4-10,14-15,19H2,1-3H3/t26-,27+,28+. The van der Waals surface area contributed by atoms with Gasteiger partial charge in [0.25, 0.3) is 0 Å². The third-order valence-corrected chi connectivity index (χ3v) is 8.93. The average molecular weight is 600 g/mol. The van der Waals surface area contributed by atoms with Crippen LogP contribution < -0.4 is 4.90 Å². The SMILES string of the molecule is CC[C@@H]1C[C@H](N(Cc2cc(Cl)cc(Cl)c2)c2ncc(-c3cnn(C)c3)cn2)C[C@H](CC)N1C(=O)OC1CCCCC1. The molecule has 1 aromatic carbocycles. The van der Waals surface area contributed by atoms with Crippen LogP contribution in [0.5, 0.6) is 0 Å². The van der Waals surface area contributed by atoms with Crippen LogP contribution in [0.2, 0.25) is 10.0 Å². The molecule has 2 aliphatic rings. The molecule has 3 heterocycles. The molecule has 1 aliphatic heterocycles. The van der Waals surface area contributed by atoms with Crippen LogP contribution in [0.3, 0.4) is 0 Å². The maximum Gasteiger partial charge on any atom is 0.410 e. The van der Waals surface area contributed by atoms with E-state index in [1.54, 1.807) is 10.7 Å². The molecular weight excluding hydrogens is 559 g/mol. The Morgan fingerprint density at radius 2 is 1.59 bits per heavy atom. The van der Waals surface area contributed by atoms with Crippen molar-refractivity contribution in [1.82, 2.24) is 24.6 Å². The number of carbonyl (C=O) groups is 1. The molecule has 220 valence electrons. The summed E-state index contributed by atoms with van der Waals surface area (Å²) in [5.41, 5.74) is 2.86. The summed E-state index contributed by atoms with van der Waals surface area (Å²) in [7, 11) is 1.89. The molecule has 0 spiro atoms. The van der Waals surface area contributed by atoms with Crippen LogP contribution in [0.4, 0.5) is 10.7 Å². The van der Waals surface area contributed by atoms with Crippen LogP contribution in [0.25, 0.3) is 11.1 Å². The Morgan fingerprint density at radius 1 is 0.951 bits per heavy atom. The van der Waals surface area contributed by atoms with E-state index in [9.17, 15) is 4.79 Å². The molecule has 0 bridgehead atoms. The fourth-order valence-corrected chi connectivity index (χ4v) is 6.94. The van der Waals surface area contributed by atoms with E-state index in [4.69, 9.17) is 37.9 Å². The van der Waals surface area contributed by atoms with Crippen molar-refractivity contribution in [3.63, 3.8) is 0 Å². The van der Waals surface area contributed by atoms with Crippen LogP contribution >= 0.6 is 23.2 Å². The smallest absolute Gasteiger partial charge is 0.410 e. The van der Waals surface area contributed by atoms with Gasteiger partial charge in [0.15, 0.2) is 0 Å². The highest BCUT2D eigenvalue weighted by atomic mass is 35.5. The van der Waals surface area contributed by atoms with Crippen molar-refractivity contribution in [2.75, 3.05) is 4.90 Å². The third kappa shape index (κ3) is 7.15. The number of ether oxygens (including phenoxy) is 1. The van der Waals surface area contributed by atoms with E-state index in [1.807, 2.05) is 48.9 Å². The van der Waals surface area contributed by atoms with Gasteiger partial charge in [-0.1, -0.05) is 43.5 Å². The lowest BCUT2D eigenvalue weighted by atomic mass is 9.87. The number of benzene rings is 1. The molecule has 1 saturated heterocycles. The monoisotopic (exact) mass is 598 g/mol. The van der Waals surface area contributed by atoms with Gasteiger partial charge < -0.3 is 14.5 Å². The Hall–Kier alpha value is -2.84. The highest BCUT2D eigenvalue weighted by Gasteiger charge is 2.41. The third-order valence-electron chi connectivity index (χ3n) is 8.50. The number of hydrogen-bond acceptors (Lipinski definition) is 6. The average Bonchev–Trinajstić information content (AvgIpc) is 3.41. The van der Waals surface area contributed by atoms with Crippen LogP contribution in [0.1, 0.15) is 77.2 Å². The highest BCUT2D eigenvalue weighted by molar-refractivity contribution is 6.34. The second kappa shape index (κ2) is 13.4. The van der Waals surface area contributed by atoms with Crippen molar-refractivity contribution < 1.29 is 9.53 Å². The van der Waals surface area contributed by atoms with Crippen molar-refractivity contribution in [3.8, 4) is 11.1 Å². The van der Waals surface area contributed by atoms with E-state index in [0.717, 1.165) is 68.1 Å². The van der Waals surface area contributed by atoms with Crippen molar-refractivity contribution in [3.05, 3.63) is 58.6 Å². The van der Waals surface area contributed by atoms with Gasteiger partial charge in [-0.3, -0.25) is 4.68 Å².